The number of carbonyl (C=O) groups excluding carboxylic acids is 2. The molecular formula is C26H27ClN6O2. The molecule has 0 aliphatic carbocycles. The Bertz CT molecular complexity index is 1270. The lowest BCUT2D eigenvalue weighted by Crippen LogP contribution is -2.45. The Hall–Kier alpha value is -3.83. The first kappa shape index (κ1) is 24.3. The number of amides is 3. The van der Waals surface area contributed by atoms with Crippen LogP contribution in [0.1, 0.15) is 53.0 Å². The normalized spacial score (nSPS) is 13.6. The highest BCUT2D eigenvalue weighted by Gasteiger charge is 2.28. The summed E-state index contributed by atoms with van der Waals surface area (Å²) in [6.45, 7) is 5.52. The van der Waals surface area contributed by atoms with Crippen LogP contribution in [0.15, 0.2) is 48.8 Å². The van der Waals surface area contributed by atoms with Gasteiger partial charge in [0.1, 0.15) is 11.5 Å². The van der Waals surface area contributed by atoms with Crippen molar-refractivity contribution in [2.45, 2.75) is 32.7 Å². The third-order valence-corrected chi connectivity index (χ3v) is 6.10. The molecule has 3 heterocycles. The number of aryl methyl sites for hydroxylation is 1. The summed E-state index contributed by atoms with van der Waals surface area (Å²) >= 11 is 6.35. The van der Waals surface area contributed by atoms with E-state index in [1.165, 1.54) is 6.20 Å². The lowest BCUT2D eigenvalue weighted by Gasteiger charge is -2.32. The zero-order valence-corrected chi connectivity index (χ0v) is 20.5. The van der Waals surface area contributed by atoms with Crippen LogP contribution >= 0.6 is 11.6 Å². The lowest BCUT2D eigenvalue weighted by molar-refractivity contribution is 0.100. The molecule has 3 amide bonds. The maximum Gasteiger partial charge on any atom is 0.317 e. The van der Waals surface area contributed by atoms with Crippen molar-refractivity contribution in [1.29, 1.82) is 0 Å². The maximum absolute atomic E-state index is 13.2. The molecule has 0 bridgehead atoms. The van der Waals surface area contributed by atoms with Gasteiger partial charge in [0.15, 0.2) is 0 Å². The van der Waals surface area contributed by atoms with Gasteiger partial charge in [-0.25, -0.2) is 9.78 Å². The van der Waals surface area contributed by atoms with Crippen molar-refractivity contribution in [1.82, 2.24) is 25.0 Å². The fourth-order valence-corrected chi connectivity index (χ4v) is 4.23. The van der Waals surface area contributed by atoms with Gasteiger partial charge < -0.3 is 15.5 Å². The smallest absolute Gasteiger partial charge is 0.317 e. The van der Waals surface area contributed by atoms with Gasteiger partial charge in [0.05, 0.1) is 17.3 Å². The minimum Gasteiger partial charge on any atom is -0.338 e. The molecule has 0 radical (unpaired) electrons. The number of carbonyl (C=O) groups is 2. The third kappa shape index (κ3) is 5.81. The number of piperidine rings is 1. The van der Waals surface area contributed by atoms with Gasteiger partial charge in [-0.2, -0.15) is 5.10 Å². The van der Waals surface area contributed by atoms with Gasteiger partial charge >= 0.3 is 6.03 Å². The molecule has 35 heavy (non-hydrogen) atoms. The standard InChI is InChI=1S/C26H27ClN6O2/c1-3-28-26(35)32-13-11-21(12-14-32)33-23(22(27)17-30-33)25(34)31-24-18(2)15-20(16-29-24)10-9-19-7-5-4-6-8-19/h4-8,15-17,21H,3,11-14H2,1-2H3,(H,28,35)(H,29,31,34). The van der Waals surface area contributed by atoms with Crippen molar-refractivity contribution in [3.05, 3.63) is 76.2 Å². The van der Waals surface area contributed by atoms with Crippen LogP contribution in [-0.2, 0) is 0 Å². The Morgan fingerprint density at radius 3 is 2.51 bits per heavy atom. The van der Waals surface area contributed by atoms with Crippen molar-refractivity contribution < 1.29 is 9.59 Å². The topological polar surface area (TPSA) is 92.2 Å². The molecule has 180 valence electrons. The Balaban J connectivity index is 1.45. The number of hydrogen-bond donors (Lipinski definition) is 2. The quantitative estimate of drug-likeness (QED) is 0.534. The van der Waals surface area contributed by atoms with Crippen LogP contribution in [-0.4, -0.2) is 51.2 Å². The summed E-state index contributed by atoms with van der Waals surface area (Å²) in [5.41, 5.74) is 2.75. The minimum atomic E-state index is -0.377. The number of rotatable bonds is 4. The highest BCUT2D eigenvalue weighted by Crippen LogP contribution is 2.27. The number of nitrogens with zero attached hydrogens (tertiary/aromatic N) is 4. The first-order chi connectivity index (χ1) is 17.0. The molecule has 0 unspecified atom stereocenters. The molecule has 3 aromatic rings. The Morgan fingerprint density at radius 2 is 1.83 bits per heavy atom. The van der Waals surface area contributed by atoms with E-state index >= 15 is 0 Å². The van der Waals surface area contributed by atoms with Gasteiger partial charge in [-0.1, -0.05) is 41.6 Å². The molecule has 0 atom stereocenters. The van der Waals surface area contributed by atoms with E-state index in [0.717, 1.165) is 16.7 Å². The minimum absolute atomic E-state index is 0.0291. The molecule has 0 spiro atoms. The van der Waals surface area contributed by atoms with E-state index in [2.05, 4.69) is 32.6 Å². The molecule has 1 aliphatic rings. The largest absolute Gasteiger partial charge is 0.338 e. The monoisotopic (exact) mass is 490 g/mol. The maximum atomic E-state index is 13.2. The van der Waals surface area contributed by atoms with E-state index in [1.54, 1.807) is 15.8 Å². The second-order valence-corrected chi connectivity index (χ2v) is 8.71. The fraction of sp³-hybridized carbons (Fsp3) is 0.308. The average Bonchev–Trinajstić information content (AvgIpc) is 3.26. The van der Waals surface area contributed by atoms with E-state index < -0.39 is 0 Å². The summed E-state index contributed by atoms with van der Waals surface area (Å²) in [6.07, 6.45) is 4.48. The Kier molecular flexibility index (Phi) is 7.68. The number of urea groups is 1. The van der Waals surface area contributed by atoms with Gasteiger partial charge in [-0.15, -0.1) is 0 Å². The molecule has 8 nitrogen and oxygen atoms in total. The molecule has 9 heteroatoms. The number of aromatic nitrogens is 3. The summed E-state index contributed by atoms with van der Waals surface area (Å²) in [7, 11) is 0. The SMILES string of the molecule is CCNC(=O)N1CCC(n2ncc(Cl)c2C(=O)Nc2ncc(C#Cc3ccccc3)cc2C)CC1. The predicted octanol–water partition coefficient (Wildman–Crippen LogP) is 4.26. The molecule has 1 saturated heterocycles. The van der Waals surface area contributed by atoms with Crippen LogP contribution in [0, 0.1) is 18.8 Å². The Morgan fingerprint density at radius 1 is 1.11 bits per heavy atom. The second kappa shape index (κ2) is 11.1. The van der Waals surface area contributed by atoms with Crippen LogP contribution in [0.5, 0.6) is 0 Å². The molecule has 0 saturated carbocycles. The predicted molar refractivity (Wildman–Crippen MR) is 136 cm³/mol. The summed E-state index contributed by atoms with van der Waals surface area (Å²) in [5, 5.41) is 10.3. The van der Waals surface area contributed by atoms with Gasteiger partial charge in [0.2, 0.25) is 0 Å². The summed E-state index contributed by atoms with van der Waals surface area (Å²) < 4.78 is 1.67. The zero-order valence-electron chi connectivity index (χ0n) is 19.7. The van der Waals surface area contributed by atoms with Crippen LogP contribution < -0.4 is 10.6 Å². The fourth-order valence-electron chi connectivity index (χ4n) is 4.01. The van der Waals surface area contributed by atoms with E-state index in [9.17, 15) is 9.59 Å². The molecule has 1 aromatic carbocycles. The van der Waals surface area contributed by atoms with Gasteiger partial charge in [0, 0.05) is 37.0 Å². The van der Waals surface area contributed by atoms with E-state index in [0.29, 0.717) is 38.3 Å². The number of nitrogens with one attached hydrogen (secondary N) is 2. The summed E-state index contributed by atoms with van der Waals surface area (Å²) in [5.74, 6) is 6.26. The molecule has 2 N–H and O–H groups in total. The number of anilines is 1. The number of halogens is 1. The first-order valence-corrected chi connectivity index (χ1v) is 11.9. The number of likely N-dealkylation sites (tertiary alicyclic amines) is 1. The molecule has 1 aliphatic heterocycles. The van der Waals surface area contributed by atoms with Crippen LogP contribution in [0.25, 0.3) is 0 Å². The number of pyridine rings is 1. The molecule has 1 fully saturated rings. The third-order valence-electron chi connectivity index (χ3n) is 5.83. The summed E-state index contributed by atoms with van der Waals surface area (Å²) in [4.78, 5) is 31.4. The first-order valence-electron chi connectivity index (χ1n) is 11.6. The second-order valence-electron chi connectivity index (χ2n) is 8.30. The van der Waals surface area contributed by atoms with Crippen molar-refractivity contribution in [3.8, 4) is 11.8 Å². The lowest BCUT2D eigenvalue weighted by atomic mass is 10.1. The highest BCUT2D eigenvalue weighted by atomic mass is 35.5. The van der Waals surface area contributed by atoms with Gasteiger partial charge in [-0.3, -0.25) is 9.48 Å². The van der Waals surface area contributed by atoms with Crippen molar-refractivity contribution in [3.63, 3.8) is 0 Å². The van der Waals surface area contributed by atoms with Crippen molar-refractivity contribution in [2.24, 2.45) is 0 Å². The van der Waals surface area contributed by atoms with Crippen LogP contribution in [0.2, 0.25) is 5.02 Å². The van der Waals surface area contributed by atoms with E-state index in [4.69, 9.17) is 11.6 Å². The van der Waals surface area contributed by atoms with Gasteiger partial charge in [0.25, 0.3) is 5.91 Å². The van der Waals surface area contributed by atoms with Crippen LogP contribution in [0.3, 0.4) is 0 Å². The van der Waals surface area contributed by atoms with Crippen molar-refractivity contribution >= 4 is 29.4 Å². The number of benzene rings is 1. The highest BCUT2D eigenvalue weighted by molar-refractivity contribution is 6.34. The summed E-state index contributed by atoms with van der Waals surface area (Å²) in [6, 6.07) is 11.5. The van der Waals surface area contributed by atoms with Crippen LogP contribution in [0.4, 0.5) is 10.6 Å². The van der Waals surface area contributed by atoms with E-state index in [1.807, 2.05) is 50.2 Å². The Labute approximate surface area is 209 Å². The number of hydrogen-bond acceptors (Lipinski definition) is 4. The van der Waals surface area contributed by atoms with Gasteiger partial charge in [-0.05, 0) is 50.5 Å². The zero-order chi connectivity index (χ0) is 24.8. The van der Waals surface area contributed by atoms with E-state index in [-0.39, 0.29) is 28.7 Å². The molecule has 2 aromatic heterocycles. The molecular weight excluding hydrogens is 464 g/mol. The van der Waals surface area contributed by atoms with Crippen molar-refractivity contribution in [2.75, 3.05) is 25.0 Å². The average molecular weight is 491 g/mol. The molecule has 4 rings (SSSR count).